The molecule has 0 amide bonds. The summed E-state index contributed by atoms with van der Waals surface area (Å²) in [6.45, 7) is 1.71. The number of aliphatic hydroxyl groups is 3. The zero-order chi connectivity index (χ0) is 7.78. The summed E-state index contributed by atoms with van der Waals surface area (Å²) in [4.78, 5) is 0. The molecule has 0 radical (unpaired) electrons. The van der Waals surface area contributed by atoms with E-state index in [-0.39, 0.29) is 12.2 Å². The van der Waals surface area contributed by atoms with Gasteiger partial charge in [-0.3, -0.25) is 0 Å². The lowest BCUT2D eigenvalue weighted by Crippen LogP contribution is -2.27. The zero-order valence-electron chi connectivity index (χ0n) is 5.70. The lowest BCUT2D eigenvalue weighted by atomic mass is 10.0. The van der Waals surface area contributed by atoms with Crippen molar-refractivity contribution in [3.8, 4) is 0 Å². The zero-order valence-corrected chi connectivity index (χ0v) is 5.70. The van der Waals surface area contributed by atoms with Crippen molar-refractivity contribution in [3.63, 3.8) is 0 Å². The average Bonchev–Trinajstić information content (AvgIpc) is 1.79. The minimum absolute atomic E-state index is 0.0347. The van der Waals surface area contributed by atoms with Gasteiger partial charge in [-0.15, -0.1) is 0 Å². The Morgan fingerprint density at radius 3 is 2.50 bits per heavy atom. The minimum atomic E-state index is -1.86. The minimum Gasteiger partial charge on any atom is -0.512 e. The van der Waals surface area contributed by atoms with E-state index >= 15 is 0 Å². The molecule has 0 aromatic rings. The second-order valence-corrected chi connectivity index (χ2v) is 2.52. The van der Waals surface area contributed by atoms with E-state index in [0.29, 0.717) is 5.57 Å². The molecule has 1 rings (SSSR count). The van der Waals surface area contributed by atoms with Crippen LogP contribution in [0.4, 0.5) is 0 Å². The van der Waals surface area contributed by atoms with Gasteiger partial charge in [0.2, 0.25) is 0 Å². The van der Waals surface area contributed by atoms with E-state index in [1.807, 2.05) is 0 Å². The Bertz CT molecular complexity index is 201. The second kappa shape index (κ2) is 2.11. The predicted molar refractivity (Wildman–Crippen MR) is 36.3 cm³/mol. The fourth-order valence-corrected chi connectivity index (χ4v) is 0.799. The molecule has 0 saturated heterocycles. The molecule has 0 atom stereocenters. The first kappa shape index (κ1) is 7.31. The molecule has 0 aromatic heterocycles. The van der Waals surface area contributed by atoms with Crippen molar-refractivity contribution in [1.82, 2.24) is 0 Å². The van der Waals surface area contributed by atoms with Crippen LogP contribution in [0.1, 0.15) is 13.3 Å². The number of hydrogen-bond acceptors (Lipinski definition) is 3. The van der Waals surface area contributed by atoms with E-state index in [2.05, 4.69) is 0 Å². The van der Waals surface area contributed by atoms with Crippen molar-refractivity contribution in [2.24, 2.45) is 0 Å². The Labute approximate surface area is 58.9 Å². The molecule has 0 heterocycles. The molecular formula is C7H10O3. The normalized spacial score (nSPS) is 23.5. The molecule has 0 saturated carbocycles. The summed E-state index contributed by atoms with van der Waals surface area (Å²) in [6, 6.07) is 0. The summed E-state index contributed by atoms with van der Waals surface area (Å²) in [5, 5.41) is 26.9. The number of rotatable bonds is 0. The van der Waals surface area contributed by atoms with Crippen molar-refractivity contribution in [2.45, 2.75) is 19.1 Å². The monoisotopic (exact) mass is 142 g/mol. The van der Waals surface area contributed by atoms with Gasteiger partial charge in [0, 0.05) is 0 Å². The molecule has 1 aliphatic rings. The molecule has 3 heteroatoms. The van der Waals surface area contributed by atoms with Crippen LogP contribution in [0.2, 0.25) is 0 Å². The van der Waals surface area contributed by atoms with Gasteiger partial charge in [-0.05, 0) is 18.6 Å². The maximum Gasteiger partial charge on any atom is 0.190 e. The molecule has 1 aliphatic carbocycles. The number of allylic oxidation sites excluding steroid dienone is 2. The van der Waals surface area contributed by atoms with Gasteiger partial charge in [0.05, 0.1) is 6.42 Å². The molecule has 0 fully saturated rings. The number of aliphatic hydroxyl groups excluding tert-OH is 1. The Morgan fingerprint density at radius 1 is 1.50 bits per heavy atom. The molecule has 0 aliphatic heterocycles. The predicted octanol–water partition coefficient (Wildman–Crippen LogP) is 0.459. The molecule has 0 bridgehead atoms. The maximum atomic E-state index is 9.02. The smallest absolute Gasteiger partial charge is 0.190 e. The van der Waals surface area contributed by atoms with Crippen molar-refractivity contribution in [3.05, 3.63) is 23.5 Å². The van der Waals surface area contributed by atoms with Gasteiger partial charge in [0.1, 0.15) is 5.76 Å². The highest BCUT2D eigenvalue weighted by Crippen LogP contribution is 2.22. The van der Waals surface area contributed by atoms with Crippen LogP contribution in [-0.4, -0.2) is 21.1 Å². The molecule has 0 unspecified atom stereocenters. The molecular weight excluding hydrogens is 132 g/mol. The van der Waals surface area contributed by atoms with Gasteiger partial charge in [-0.2, -0.15) is 0 Å². The van der Waals surface area contributed by atoms with E-state index in [0.717, 1.165) is 0 Å². The molecule has 3 nitrogen and oxygen atoms in total. The van der Waals surface area contributed by atoms with Crippen LogP contribution >= 0.6 is 0 Å². The first-order chi connectivity index (χ1) is 4.51. The summed E-state index contributed by atoms with van der Waals surface area (Å²) in [5.41, 5.74) is 0.679. The Hall–Kier alpha value is -0.800. The van der Waals surface area contributed by atoms with Crippen LogP contribution in [0.15, 0.2) is 23.5 Å². The Balaban J connectivity index is 2.85. The van der Waals surface area contributed by atoms with E-state index in [9.17, 15) is 0 Å². The van der Waals surface area contributed by atoms with Crippen LogP contribution in [0, 0.1) is 0 Å². The van der Waals surface area contributed by atoms with Crippen molar-refractivity contribution in [1.29, 1.82) is 0 Å². The van der Waals surface area contributed by atoms with Crippen molar-refractivity contribution in [2.75, 3.05) is 0 Å². The topological polar surface area (TPSA) is 60.7 Å². The first-order valence-corrected chi connectivity index (χ1v) is 3.04. The van der Waals surface area contributed by atoms with Gasteiger partial charge in [0.25, 0.3) is 0 Å². The standard InChI is InChI=1S/C7H10O3/c1-5-2-3-7(9,10)4-6(5)8/h2-3,8-10H,4H2,1H3. The molecule has 3 N–H and O–H groups in total. The SMILES string of the molecule is CC1=C(O)CC(O)(O)C=C1. The lowest BCUT2D eigenvalue weighted by Gasteiger charge is -2.21. The summed E-state index contributed by atoms with van der Waals surface area (Å²) in [7, 11) is 0. The molecule has 56 valence electrons. The quantitative estimate of drug-likeness (QED) is 0.430. The van der Waals surface area contributed by atoms with Gasteiger partial charge < -0.3 is 15.3 Å². The Kier molecular flexibility index (Phi) is 1.54. The highest BCUT2D eigenvalue weighted by atomic mass is 16.5. The summed E-state index contributed by atoms with van der Waals surface area (Å²) >= 11 is 0. The van der Waals surface area contributed by atoms with Crippen LogP contribution in [0.25, 0.3) is 0 Å². The highest BCUT2D eigenvalue weighted by molar-refractivity contribution is 5.27. The van der Waals surface area contributed by atoms with Gasteiger partial charge in [-0.25, -0.2) is 0 Å². The summed E-state index contributed by atoms with van der Waals surface area (Å²) in [6.07, 6.45) is 2.62. The van der Waals surface area contributed by atoms with Crippen LogP contribution in [0.3, 0.4) is 0 Å². The van der Waals surface area contributed by atoms with Gasteiger partial charge in [-0.1, -0.05) is 6.08 Å². The van der Waals surface area contributed by atoms with E-state index < -0.39 is 5.79 Å². The third kappa shape index (κ3) is 1.37. The van der Waals surface area contributed by atoms with Crippen LogP contribution in [-0.2, 0) is 0 Å². The highest BCUT2D eigenvalue weighted by Gasteiger charge is 2.24. The third-order valence-electron chi connectivity index (χ3n) is 1.48. The maximum absolute atomic E-state index is 9.02. The fourth-order valence-electron chi connectivity index (χ4n) is 0.799. The first-order valence-electron chi connectivity index (χ1n) is 3.04. The van der Waals surface area contributed by atoms with Crippen molar-refractivity contribution >= 4 is 0 Å². The molecule has 10 heavy (non-hydrogen) atoms. The van der Waals surface area contributed by atoms with Gasteiger partial charge in [0.15, 0.2) is 5.79 Å². The van der Waals surface area contributed by atoms with E-state index in [1.165, 1.54) is 12.2 Å². The molecule has 0 spiro atoms. The Morgan fingerprint density at radius 2 is 2.10 bits per heavy atom. The van der Waals surface area contributed by atoms with Crippen molar-refractivity contribution < 1.29 is 15.3 Å². The summed E-state index contributed by atoms with van der Waals surface area (Å²) < 4.78 is 0. The average molecular weight is 142 g/mol. The summed E-state index contributed by atoms with van der Waals surface area (Å²) in [5.74, 6) is -1.82. The lowest BCUT2D eigenvalue weighted by molar-refractivity contribution is -0.122. The van der Waals surface area contributed by atoms with Crippen LogP contribution < -0.4 is 0 Å². The fraction of sp³-hybridized carbons (Fsp3) is 0.429. The van der Waals surface area contributed by atoms with Gasteiger partial charge >= 0.3 is 0 Å². The molecule has 0 aromatic carbocycles. The van der Waals surface area contributed by atoms with E-state index in [4.69, 9.17) is 15.3 Å². The number of hydrogen-bond donors (Lipinski definition) is 3. The largest absolute Gasteiger partial charge is 0.512 e. The second-order valence-electron chi connectivity index (χ2n) is 2.52. The third-order valence-corrected chi connectivity index (χ3v) is 1.48. The van der Waals surface area contributed by atoms with E-state index in [1.54, 1.807) is 6.92 Å². The van der Waals surface area contributed by atoms with Crippen LogP contribution in [0.5, 0.6) is 0 Å².